The second kappa shape index (κ2) is 7.15. The van der Waals surface area contributed by atoms with E-state index in [0.29, 0.717) is 4.99 Å². The molecule has 1 fully saturated rings. The quantitative estimate of drug-likeness (QED) is 0.809. The summed E-state index contributed by atoms with van der Waals surface area (Å²) in [5.41, 5.74) is 7.71. The molecule has 1 aliphatic heterocycles. The van der Waals surface area contributed by atoms with Crippen molar-refractivity contribution in [2.75, 3.05) is 58.3 Å². The molecule has 21 heavy (non-hydrogen) atoms. The Morgan fingerprint density at radius 1 is 1.29 bits per heavy atom. The lowest BCUT2D eigenvalue weighted by Crippen LogP contribution is -2.48. The van der Waals surface area contributed by atoms with Crippen molar-refractivity contribution in [2.45, 2.75) is 6.92 Å². The summed E-state index contributed by atoms with van der Waals surface area (Å²) in [6.45, 7) is 8.27. The van der Waals surface area contributed by atoms with Crippen LogP contribution in [0.25, 0.3) is 0 Å². The number of aryl methyl sites for hydroxylation is 1. The van der Waals surface area contributed by atoms with Crippen molar-refractivity contribution in [2.24, 2.45) is 5.73 Å². The van der Waals surface area contributed by atoms with Crippen LogP contribution in [0, 0.1) is 6.92 Å². The van der Waals surface area contributed by atoms with E-state index < -0.39 is 0 Å². The van der Waals surface area contributed by atoms with Crippen LogP contribution in [-0.2, 0) is 0 Å². The van der Waals surface area contributed by atoms with Crippen LogP contribution in [0.5, 0.6) is 0 Å². The first-order valence-corrected chi connectivity index (χ1v) is 7.77. The minimum absolute atomic E-state index is 0.424. The van der Waals surface area contributed by atoms with Crippen LogP contribution < -0.4 is 10.6 Å². The van der Waals surface area contributed by atoms with Gasteiger partial charge in [-0.3, -0.25) is 4.90 Å². The first kappa shape index (κ1) is 16.1. The zero-order valence-electron chi connectivity index (χ0n) is 13.2. The van der Waals surface area contributed by atoms with Gasteiger partial charge in [0.1, 0.15) is 10.8 Å². The third-order valence-corrected chi connectivity index (χ3v) is 4.03. The standard InChI is InChI=1S/C15H25N5S/c1-12-4-5-13(14(16)21)15(17-12)20-10-8-19(9-11-20)7-6-18(2)3/h4-5H,6-11H2,1-3H3,(H2,16,21). The number of likely N-dealkylation sites (N-methyl/N-ethyl adjacent to an activating group) is 1. The number of hydrogen-bond donors (Lipinski definition) is 1. The Labute approximate surface area is 132 Å². The summed E-state index contributed by atoms with van der Waals surface area (Å²) in [6, 6.07) is 3.95. The number of nitrogens with zero attached hydrogens (tertiary/aromatic N) is 4. The molecule has 2 heterocycles. The van der Waals surface area contributed by atoms with Gasteiger partial charge in [-0.25, -0.2) is 4.98 Å². The number of pyridine rings is 1. The molecule has 1 saturated heterocycles. The van der Waals surface area contributed by atoms with Gasteiger partial charge in [0, 0.05) is 45.0 Å². The number of aromatic nitrogens is 1. The first-order chi connectivity index (χ1) is 9.97. The van der Waals surface area contributed by atoms with Crippen molar-refractivity contribution in [3.05, 3.63) is 23.4 Å². The third kappa shape index (κ3) is 4.36. The summed E-state index contributed by atoms with van der Waals surface area (Å²) in [6.07, 6.45) is 0. The van der Waals surface area contributed by atoms with E-state index in [2.05, 4.69) is 33.8 Å². The molecule has 0 amide bonds. The Bertz CT molecular complexity index is 495. The molecule has 2 rings (SSSR count). The highest BCUT2D eigenvalue weighted by Crippen LogP contribution is 2.20. The molecule has 1 aromatic heterocycles. The van der Waals surface area contributed by atoms with Crippen molar-refractivity contribution < 1.29 is 0 Å². The molecular weight excluding hydrogens is 282 g/mol. The Kier molecular flexibility index (Phi) is 5.50. The Morgan fingerprint density at radius 2 is 1.95 bits per heavy atom. The summed E-state index contributed by atoms with van der Waals surface area (Å²) < 4.78 is 0. The molecule has 0 atom stereocenters. The SMILES string of the molecule is Cc1ccc(C(N)=S)c(N2CCN(CCN(C)C)CC2)n1. The van der Waals surface area contributed by atoms with E-state index in [1.807, 2.05) is 19.1 Å². The fraction of sp³-hybridized carbons (Fsp3) is 0.600. The maximum atomic E-state index is 5.83. The summed E-state index contributed by atoms with van der Waals surface area (Å²) in [4.78, 5) is 12.1. The Balaban J connectivity index is 2.02. The highest BCUT2D eigenvalue weighted by molar-refractivity contribution is 7.80. The van der Waals surface area contributed by atoms with Crippen LogP contribution in [0.3, 0.4) is 0 Å². The Morgan fingerprint density at radius 3 is 2.52 bits per heavy atom. The van der Waals surface area contributed by atoms with E-state index in [9.17, 15) is 0 Å². The molecule has 0 spiro atoms. The minimum Gasteiger partial charge on any atom is -0.389 e. The van der Waals surface area contributed by atoms with Gasteiger partial charge in [0.05, 0.1) is 5.56 Å². The molecule has 0 saturated carbocycles. The van der Waals surface area contributed by atoms with Crippen molar-refractivity contribution in [3.8, 4) is 0 Å². The predicted octanol–water partition coefficient (Wildman–Crippen LogP) is 0.708. The molecule has 0 bridgehead atoms. The molecule has 1 aliphatic rings. The molecular formula is C15H25N5S. The van der Waals surface area contributed by atoms with Crippen molar-refractivity contribution in [3.63, 3.8) is 0 Å². The van der Waals surface area contributed by atoms with Gasteiger partial charge in [-0.1, -0.05) is 12.2 Å². The van der Waals surface area contributed by atoms with Gasteiger partial charge >= 0.3 is 0 Å². The average Bonchev–Trinajstić information content (AvgIpc) is 2.45. The van der Waals surface area contributed by atoms with E-state index in [1.54, 1.807) is 0 Å². The van der Waals surface area contributed by atoms with E-state index in [-0.39, 0.29) is 0 Å². The lowest BCUT2D eigenvalue weighted by molar-refractivity contribution is 0.229. The van der Waals surface area contributed by atoms with E-state index in [1.165, 1.54) is 0 Å². The number of nitrogens with two attached hydrogens (primary N) is 1. The third-order valence-electron chi connectivity index (χ3n) is 3.82. The highest BCUT2D eigenvalue weighted by atomic mass is 32.1. The van der Waals surface area contributed by atoms with Gasteiger partial charge in [-0.15, -0.1) is 0 Å². The topological polar surface area (TPSA) is 48.6 Å². The molecule has 0 radical (unpaired) electrons. The molecule has 0 aliphatic carbocycles. The zero-order valence-corrected chi connectivity index (χ0v) is 14.0. The van der Waals surface area contributed by atoms with Crippen molar-refractivity contribution in [1.82, 2.24) is 14.8 Å². The van der Waals surface area contributed by atoms with Crippen LogP contribution in [0.2, 0.25) is 0 Å². The number of hydrogen-bond acceptors (Lipinski definition) is 5. The van der Waals surface area contributed by atoms with Gasteiger partial charge in [0.2, 0.25) is 0 Å². The van der Waals surface area contributed by atoms with Gasteiger partial charge in [0.25, 0.3) is 0 Å². The largest absolute Gasteiger partial charge is 0.389 e. The smallest absolute Gasteiger partial charge is 0.139 e. The highest BCUT2D eigenvalue weighted by Gasteiger charge is 2.21. The van der Waals surface area contributed by atoms with Crippen LogP contribution in [-0.4, -0.2) is 73.1 Å². The van der Waals surface area contributed by atoms with Gasteiger partial charge in [-0.05, 0) is 33.2 Å². The lowest BCUT2D eigenvalue weighted by Gasteiger charge is -2.36. The predicted molar refractivity (Wildman–Crippen MR) is 92.1 cm³/mol. The minimum atomic E-state index is 0.424. The Hall–Kier alpha value is -1.24. The number of anilines is 1. The molecule has 5 nitrogen and oxygen atoms in total. The van der Waals surface area contributed by atoms with Gasteiger partial charge in [0.15, 0.2) is 0 Å². The summed E-state index contributed by atoms with van der Waals surface area (Å²) in [7, 11) is 4.22. The lowest BCUT2D eigenvalue weighted by atomic mass is 10.2. The van der Waals surface area contributed by atoms with Crippen LogP contribution in [0.4, 0.5) is 5.82 Å². The van der Waals surface area contributed by atoms with E-state index >= 15 is 0 Å². The fourth-order valence-corrected chi connectivity index (χ4v) is 2.66. The number of thiocarbonyl (C=S) groups is 1. The summed E-state index contributed by atoms with van der Waals surface area (Å²) in [5, 5.41) is 0. The second-order valence-corrected chi connectivity index (χ2v) is 6.26. The molecule has 1 aromatic rings. The fourth-order valence-electron chi connectivity index (χ4n) is 2.50. The molecule has 2 N–H and O–H groups in total. The van der Waals surface area contributed by atoms with Crippen LogP contribution in [0.1, 0.15) is 11.3 Å². The molecule has 0 aromatic carbocycles. The molecule has 0 unspecified atom stereocenters. The van der Waals surface area contributed by atoms with E-state index in [4.69, 9.17) is 18.0 Å². The van der Waals surface area contributed by atoms with Gasteiger partial charge < -0.3 is 15.5 Å². The van der Waals surface area contributed by atoms with Crippen LogP contribution in [0.15, 0.2) is 12.1 Å². The maximum absolute atomic E-state index is 5.83. The second-order valence-electron chi connectivity index (χ2n) is 5.82. The van der Waals surface area contributed by atoms with Crippen molar-refractivity contribution in [1.29, 1.82) is 0 Å². The zero-order chi connectivity index (χ0) is 15.4. The summed E-state index contributed by atoms with van der Waals surface area (Å²) >= 11 is 5.15. The number of rotatable bonds is 5. The average molecular weight is 307 g/mol. The first-order valence-electron chi connectivity index (χ1n) is 7.37. The monoisotopic (exact) mass is 307 g/mol. The number of piperazine rings is 1. The van der Waals surface area contributed by atoms with E-state index in [0.717, 1.165) is 56.3 Å². The normalized spacial score (nSPS) is 16.5. The van der Waals surface area contributed by atoms with Gasteiger partial charge in [-0.2, -0.15) is 0 Å². The summed E-state index contributed by atoms with van der Waals surface area (Å²) in [5.74, 6) is 0.940. The van der Waals surface area contributed by atoms with Crippen LogP contribution >= 0.6 is 12.2 Å². The molecule has 116 valence electrons. The maximum Gasteiger partial charge on any atom is 0.139 e. The molecule has 6 heteroatoms. The van der Waals surface area contributed by atoms with Crippen molar-refractivity contribution >= 4 is 23.0 Å².